The lowest BCUT2D eigenvalue weighted by Gasteiger charge is -2.07. The van der Waals surface area contributed by atoms with Crippen molar-refractivity contribution in [1.82, 2.24) is 9.55 Å². The zero-order valence-corrected chi connectivity index (χ0v) is 15.8. The van der Waals surface area contributed by atoms with Gasteiger partial charge in [0.25, 0.3) is 0 Å². The topological polar surface area (TPSA) is 68.6 Å². The Bertz CT molecular complexity index is 1160. The van der Waals surface area contributed by atoms with Crippen LogP contribution in [0.1, 0.15) is 16.8 Å². The monoisotopic (exact) mass is 387 g/mol. The van der Waals surface area contributed by atoms with Crippen molar-refractivity contribution in [3.8, 4) is 0 Å². The molecule has 0 bridgehead atoms. The Morgan fingerprint density at radius 1 is 1.04 bits per heavy atom. The molecule has 0 unspecified atom stereocenters. The van der Waals surface area contributed by atoms with E-state index in [1.54, 1.807) is 18.5 Å². The summed E-state index contributed by atoms with van der Waals surface area (Å²) in [5, 5.41) is 10.1. The summed E-state index contributed by atoms with van der Waals surface area (Å²) in [5.41, 5.74) is 9.67. The third kappa shape index (κ3) is 3.80. The molecule has 6 heteroatoms. The number of amidine groups is 1. The molecular formula is C22H18ClN5. The molecule has 0 atom stereocenters. The van der Waals surface area contributed by atoms with Crippen molar-refractivity contribution in [1.29, 1.82) is 0 Å². The number of halogens is 1. The highest BCUT2D eigenvalue weighted by Crippen LogP contribution is 2.23. The minimum atomic E-state index is 0.275. The van der Waals surface area contributed by atoms with E-state index in [0.717, 1.165) is 27.1 Å². The molecule has 2 heterocycles. The first kappa shape index (κ1) is 17.9. The number of nitrogens with two attached hydrogens (primary N) is 1. The normalized spacial score (nSPS) is 12.1. The third-order valence-electron chi connectivity index (χ3n) is 4.41. The molecule has 2 N–H and O–H groups in total. The van der Waals surface area contributed by atoms with Gasteiger partial charge in [-0.3, -0.25) is 4.98 Å². The van der Waals surface area contributed by atoms with Gasteiger partial charge in [-0.1, -0.05) is 54.1 Å². The van der Waals surface area contributed by atoms with Crippen LogP contribution in [0.5, 0.6) is 0 Å². The maximum atomic E-state index is 6.33. The quantitative estimate of drug-likeness (QED) is 0.311. The van der Waals surface area contributed by atoms with Gasteiger partial charge in [-0.05, 0) is 29.8 Å². The average Bonchev–Trinajstić information content (AvgIpc) is 3.08. The Hall–Kier alpha value is -3.44. The van der Waals surface area contributed by atoms with Crippen LogP contribution < -0.4 is 5.73 Å². The predicted octanol–water partition coefficient (Wildman–Crippen LogP) is 4.48. The van der Waals surface area contributed by atoms with Crippen LogP contribution in [-0.2, 0) is 6.54 Å². The second kappa shape index (κ2) is 8.06. The molecule has 4 rings (SSSR count). The predicted molar refractivity (Wildman–Crippen MR) is 115 cm³/mol. The summed E-state index contributed by atoms with van der Waals surface area (Å²) < 4.78 is 2.16. The Balaban J connectivity index is 1.66. The van der Waals surface area contributed by atoms with Gasteiger partial charge in [0, 0.05) is 40.4 Å². The summed E-state index contributed by atoms with van der Waals surface area (Å²) >= 11 is 6.33. The number of pyridine rings is 1. The summed E-state index contributed by atoms with van der Waals surface area (Å²) in [6.45, 7) is 0.674. The summed E-state index contributed by atoms with van der Waals surface area (Å²) in [4.78, 5) is 4.17. The first-order valence-corrected chi connectivity index (χ1v) is 9.19. The summed E-state index contributed by atoms with van der Waals surface area (Å²) in [7, 11) is 0. The van der Waals surface area contributed by atoms with Crippen molar-refractivity contribution in [2.75, 3.05) is 0 Å². The van der Waals surface area contributed by atoms with Gasteiger partial charge in [-0.15, -0.1) is 5.10 Å². The van der Waals surface area contributed by atoms with Gasteiger partial charge in [0.05, 0.1) is 6.21 Å². The van der Waals surface area contributed by atoms with E-state index in [1.165, 1.54) is 0 Å². The fourth-order valence-corrected chi connectivity index (χ4v) is 3.23. The van der Waals surface area contributed by atoms with Crippen molar-refractivity contribution < 1.29 is 0 Å². The second-order valence-corrected chi connectivity index (χ2v) is 6.67. The van der Waals surface area contributed by atoms with Crippen LogP contribution in [-0.4, -0.2) is 21.6 Å². The zero-order chi connectivity index (χ0) is 19.3. The maximum absolute atomic E-state index is 6.33. The van der Waals surface area contributed by atoms with E-state index in [2.05, 4.69) is 31.9 Å². The smallest absolute Gasteiger partial charge is 0.171 e. The highest BCUT2D eigenvalue weighted by atomic mass is 35.5. The van der Waals surface area contributed by atoms with Crippen LogP contribution in [0.15, 0.2) is 89.3 Å². The molecule has 0 radical (unpaired) electrons. The molecule has 0 aliphatic carbocycles. The molecule has 0 saturated heterocycles. The Morgan fingerprint density at radius 3 is 2.64 bits per heavy atom. The van der Waals surface area contributed by atoms with Gasteiger partial charge in [0.2, 0.25) is 0 Å². The van der Waals surface area contributed by atoms with Gasteiger partial charge in [-0.2, -0.15) is 5.10 Å². The van der Waals surface area contributed by atoms with E-state index >= 15 is 0 Å². The highest BCUT2D eigenvalue weighted by molar-refractivity contribution is 6.31. The van der Waals surface area contributed by atoms with Crippen LogP contribution in [0, 0.1) is 0 Å². The maximum Gasteiger partial charge on any atom is 0.171 e. The average molecular weight is 388 g/mol. The van der Waals surface area contributed by atoms with E-state index in [1.807, 2.05) is 54.7 Å². The van der Waals surface area contributed by atoms with E-state index < -0.39 is 0 Å². The molecule has 28 heavy (non-hydrogen) atoms. The molecule has 2 aromatic carbocycles. The molecule has 0 spiro atoms. The van der Waals surface area contributed by atoms with E-state index in [0.29, 0.717) is 12.2 Å². The number of fused-ring (bicyclic) bond motifs is 1. The first-order chi connectivity index (χ1) is 13.7. The number of para-hydroxylation sites is 1. The molecule has 2 aromatic heterocycles. The molecule has 0 aliphatic heterocycles. The van der Waals surface area contributed by atoms with E-state index in [9.17, 15) is 0 Å². The minimum Gasteiger partial charge on any atom is -0.380 e. The SMILES string of the molecule is N/C(=N\N=C\c1cn(Cc2ccccc2Cl)c2ccccc12)c1ccccn1. The number of hydrogen-bond acceptors (Lipinski definition) is 3. The zero-order valence-electron chi connectivity index (χ0n) is 15.0. The minimum absolute atomic E-state index is 0.275. The number of benzene rings is 2. The summed E-state index contributed by atoms with van der Waals surface area (Å²) in [6, 6.07) is 21.5. The van der Waals surface area contributed by atoms with E-state index in [4.69, 9.17) is 17.3 Å². The molecule has 4 aromatic rings. The molecule has 138 valence electrons. The molecule has 5 nitrogen and oxygen atoms in total. The van der Waals surface area contributed by atoms with Crippen molar-refractivity contribution in [3.63, 3.8) is 0 Å². The second-order valence-electron chi connectivity index (χ2n) is 6.27. The lowest BCUT2D eigenvalue weighted by Crippen LogP contribution is -2.14. The van der Waals surface area contributed by atoms with E-state index in [-0.39, 0.29) is 5.84 Å². The van der Waals surface area contributed by atoms with Gasteiger partial charge in [0.1, 0.15) is 5.69 Å². The molecular weight excluding hydrogens is 370 g/mol. The van der Waals surface area contributed by atoms with Crippen molar-refractivity contribution in [2.45, 2.75) is 6.54 Å². The summed E-state index contributed by atoms with van der Waals surface area (Å²) in [5.74, 6) is 0.275. The number of nitrogens with zero attached hydrogens (tertiary/aromatic N) is 4. The van der Waals surface area contributed by atoms with Gasteiger partial charge in [-0.25, -0.2) is 0 Å². The van der Waals surface area contributed by atoms with Crippen LogP contribution in [0.25, 0.3) is 10.9 Å². The van der Waals surface area contributed by atoms with Gasteiger partial charge >= 0.3 is 0 Å². The Morgan fingerprint density at radius 2 is 1.82 bits per heavy atom. The lowest BCUT2D eigenvalue weighted by atomic mass is 10.2. The fraction of sp³-hybridized carbons (Fsp3) is 0.0455. The fourth-order valence-electron chi connectivity index (χ4n) is 3.04. The third-order valence-corrected chi connectivity index (χ3v) is 4.78. The Kier molecular flexibility index (Phi) is 5.17. The molecule has 0 saturated carbocycles. The van der Waals surface area contributed by atoms with Crippen LogP contribution in [0.2, 0.25) is 5.02 Å². The molecule has 0 amide bonds. The number of rotatable bonds is 5. The van der Waals surface area contributed by atoms with Crippen molar-refractivity contribution in [3.05, 3.63) is 101 Å². The largest absolute Gasteiger partial charge is 0.380 e. The van der Waals surface area contributed by atoms with Gasteiger partial charge in [0.15, 0.2) is 5.84 Å². The van der Waals surface area contributed by atoms with Crippen LogP contribution in [0.3, 0.4) is 0 Å². The highest BCUT2D eigenvalue weighted by Gasteiger charge is 2.08. The summed E-state index contributed by atoms with van der Waals surface area (Å²) in [6.07, 6.45) is 5.43. The van der Waals surface area contributed by atoms with Crippen molar-refractivity contribution >= 4 is 34.6 Å². The molecule has 0 fully saturated rings. The van der Waals surface area contributed by atoms with Crippen molar-refractivity contribution in [2.24, 2.45) is 15.9 Å². The van der Waals surface area contributed by atoms with Gasteiger partial charge < -0.3 is 10.3 Å². The number of aromatic nitrogens is 2. The lowest BCUT2D eigenvalue weighted by molar-refractivity contribution is 0.836. The number of hydrogen-bond donors (Lipinski definition) is 1. The molecule has 0 aliphatic rings. The van der Waals surface area contributed by atoms with Crippen LogP contribution in [0.4, 0.5) is 0 Å². The first-order valence-electron chi connectivity index (χ1n) is 8.81. The van der Waals surface area contributed by atoms with Crippen LogP contribution >= 0.6 is 11.6 Å². The standard InChI is InChI=1S/C22H18ClN5/c23-19-9-3-1-7-16(19)14-28-15-17(18-8-2-4-11-21(18)28)13-26-27-22(24)20-10-5-6-12-25-20/h1-13,15H,14H2,(H2,24,27)/b26-13+. The Labute approximate surface area is 167 Å².